The van der Waals surface area contributed by atoms with Crippen LogP contribution in [0.1, 0.15) is 44.4 Å². The molecule has 0 unspecified atom stereocenters. The molecule has 0 aliphatic rings. The van der Waals surface area contributed by atoms with E-state index in [9.17, 15) is 8.42 Å². The van der Waals surface area contributed by atoms with Crippen molar-refractivity contribution in [2.24, 2.45) is 5.10 Å². The Bertz CT molecular complexity index is 898. The van der Waals surface area contributed by atoms with Crippen molar-refractivity contribution in [3.05, 3.63) is 59.2 Å². The van der Waals surface area contributed by atoms with Gasteiger partial charge in [-0.1, -0.05) is 45.0 Å². The van der Waals surface area contributed by atoms with Gasteiger partial charge in [0.2, 0.25) is 0 Å². The number of ether oxygens (including phenoxy) is 1. The molecule has 0 atom stereocenters. The second-order valence-electron chi connectivity index (χ2n) is 7.05. The predicted molar refractivity (Wildman–Crippen MR) is 105 cm³/mol. The molecule has 0 saturated heterocycles. The van der Waals surface area contributed by atoms with Crippen molar-refractivity contribution in [2.45, 2.75) is 44.9 Å². The molecule has 2 aromatic rings. The Kier molecular flexibility index (Phi) is 6.08. The number of benzene rings is 2. The first kappa shape index (κ1) is 20.0. The Balaban J connectivity index is 2.27. The minimum atomic E-state index is -3.76. The van der Waals surface area contributed by atoms with Crippen LogP contribution in [0, 0.1) is 6.92 Å². The molecule has 0 amide bonds. The van der Waals surface area contributed by atoms with Gasteiger partial charge in [0.1, 0.15) is 5.75 Å². The van der Waals surface area contributed by atoms with Gasteiger partial charge in [-0.3, -0.25) is 0 Å². The molecule has 0 fully saturated rings. The molecule has 26 heavy (non-hydrogen) atoms. The summed E-state index contributed by atoms with van der Waals surface area (Å²) in [5.74, 6) is 0.656. The van der Waals surface area contributed by atoms with Crippen molar-refractivity contribution in [3.63, 3.8) is 0 Å². The maximum absolute atomic E-state index is 12.7. The molecule has 0 saturated carbocycles. The highest BCUT2D eigenvalue weighted by Crippen LogP contribution is 2.26. The zero-order valence-electron chi connectivity index (χ0n) is 15.9. The molecular weight excluding hydrogens is 348 g/mol. The van der Waals surface area contributed by atoms with Crippen LogP contribution in [-0.4, -0.2) is 21.2 Å². The molecule has 0 aromatic heterocycles. The SMILES string of the molecule is CCOc1ccccc1/C=N/NS(=O)(=O)c1cc(C(C)(C)C)ccc1C. The van der Waals surface area contributed by atoms with Crippen LogP contribution in [0.5, 0.6) is 5.75 Å². The second-order valence-corrected chi connectivity index (χ2v) is 8.68. The van der Waals surface area contributed by atoms with E-state index in [0.29, 0.717) is 23.5 Å². The fourth-order valence-electron chi connectivity index (χ4n) is 2.44. The zero-order valence-corrected chi connectivity index (χ0v) is 16.7. The molecule has 5 nitrogen and oxygen atoms in total. The summed E-state index contributed by atoms with van der Waals surface area (Å²) in [6.07, 6.45) is 1.45. The van der Waals surface area contributed by atoms with Crippen LogP contribution in [0.3, 0.4) is 0 Å². The molecule has 2 rings (SSSR count). The summed E-state index contributed by atoms with van der Waals surface area (Å²) in [4.78, 5) is 2.53. The Morgan fingerprint density at radius 3 is 2.50 bits per heavy atom. The lowest BCUT2D eigenvalue weighted by molar-refractivity contribution is 0.340. The predicted octanol–water partition coefficient (Wildman–Crippen LogP) is 4.00. The number of hydrogen-bond acceptors (Lipinski definition) is 4. The normalized spacial score (nSPS) is 12.3. The van der Waals surface area contributed by atoms with E-state index in [2.05, 4.69) is 9.93 Å². The Morgan fingerprint density at radius 1 is 1.15 bits per heavy atom. The lowest BCUT2D eigenvalue weighted by Gasteiger charge is -2.20. The minimum Gasteiger partial charge on any atom is -0.493 e. The maximum Gasteiger partial charge on any atom is 0.276 e. The van der Waals surface area contributed by atoms with Gasteiger partial charge < -0.3 is 4.74 Å². The molecular formula is C20H26N2O3S. The third-order valence-corrected chi connectivity index (χ3v) is 5.30. The Morgan fingerprint density at radius 2 is 1.85 bits per heavy atom. The molecule has 0 heterocycles. The first-order valence-corrected chi connectivity index (χ1v) is 10.0. The summed E-state index contributed by atoms with van der Waals surface area (Å²) >= 11 is 0. The third kappa shape index (κ3) is 4.85. The number of sulfonamides is 1. The van der Waals surface area contributed by atoms with Crippen LogP contribution < -0.4 is 9.57 Å². The van der Waals surface area contributed by atoms with Gasteiger partial charge in [-0.25, -0.2) is 4.83 Å². The van der Waals surface area contributed by atoms with Crippen molar-refractivity contribution < 1.29 is 13.2 Å². The number of hydrazone groups is 1. The third-order valence-electron chi connectivity index (χ3n) is 3.94. The molecule has 6 heteroatoms. The van der Waals surface area contributed by atoms with Gasteiger partial charge in [-0.15, -0.1) is 0 Å². The van der Waals surface area contributed by atoms with E-state index < -0.39 is 10.0 Å². The number of aryl methyl sites for hydroxylation is 1. The van der Waals surface area contributed by atoms with Gasteiger partial charge >= 0.3 is 0 Å². The number of rotatable bonds is 6. The van der Waals surface area contributed by atoms with Gasteiger partial charge in [0, 0.05) is 5.56 Å². The molecule has 140 valence electrons. The van der Waals surface area contributed by atoms with Gasteiger partial charge in [-0.05, 0) is 48.6 Å². The number of para-hydroxylation sites is 1. The highest BCUT2D eigenvalue weighted by atomic mass is 32.2. The fraction of sp³-hybridized carbons (Fsp3) is 0.350. The van der Waals surface area contributed by atoms with E-state index in [-0.39, 0.29) is 10.3 Å². The van der Waals surface area contributed by atoms with Crippen LogP contribution in [0.25, 0.3) is 0 Å². The van der Waals surface area contributed by atoms with Crippen LogP contribution in [0.15, 0.2) is 52.5 Å². The number of hydrogen-bond donors (Lipinski definition) is 1. The monoisotopic (exact) mass is 374 g/mol. The van der Waals surface area contributed by atoms with Crippen LogP contribution in [-0.2, 0) is 15.4 Å². The molecule has 1 N–H and O–H groups in total. The molecule has 0 radical (unpaired) electrons. The van der Waals surface area contributed by atoms with Crippen LogP contribution in [0.4, 0.5) is 0 Å². The van der Waals surface area contributed by atoms with E-state index in [1.54, 1.807) is 13.0 Å². The van der Waals surface area contributed by atoms with E-state index >= 15 is 0 Å². The van der Waals surface area contributed by atoms with Crippen molar-refractivity contribution >= 4 is 16.2 Å². The van der Waals surface area contributed by atoms with Gasteiger partial charge in [0.25, 0.3) is 10.0 Å². The zero-order chi connectivity index (χ0) is 19.4. The fourth-order valence-corrected chi connectivity index (χ4v) is 3.51. The first-order chi connectivity index (χ1) is 12.1. The average molecular weight is 375 g/mol. The van der Waals surface area contributed by atoms with E-state index in [1.165, 1.54) is 6.21 Å². The molecule has 2 aromatic carbocycles. The summed E-state index contributed by atoms with van der Waals surface area (Å²) in [5.41, 5.74) is 2.19. The van der Waals surface area contributed by atoms with E-state index in [4.69, 9.17) is 4.74 Å². The average Bonchev–Trinajstić information content (AvgIpc) is 2.55. The summed E-state index contributed by atoms with van der Waals surface area (Å²) in [6, 6.07) is 12.8. The Labute approximate surface area is 156 Å². The van der Waals surface area contributed by atoms with Gasteiger partial charge in [-0.2, -0.15) is 13.5 Å². The van der Waals surface area contributed by atoms with E-state index in [1.807, 2.05) is 64.1 Å². The highest BCUT2D eigenvalue weighted by molar-refractivity contribution is 7.89. The molecule has 0 aliphatic heterocycles. The number of nitrogens with zero attached hydrogens (tertiary/aromatic N) is 1. The largest absolute Gasteiger partial charge is 0.493 e. The van der Waals surface area contributed by atoms with Crippen molar-refractivity contribution in [3.8, 4) is 5.75 Å². The maximum atomic E-state index is 12.7. The molecule has 0 aliphatic carbocycles. The van der Waals surface area contributed by atoms with Crippen LogP contribution >= 0.6 is 0 Å². The summed E-state index contributed by atoms with van der Waals surface area (Å²) < 4.78 is 30.9. The Hall–Kier alpha value is -2.34. The van der Waals surface area contributed by atoms with E-state index in [0.717, 1.165) is 5.56 Å². The quantitative estimate of drug-likeness (QED) is 0.614. The van der Waals surface area contributed by atoms with Gasteiger partial charge in [0.05, 0.1) is 17.7 Å². The second kappa shape index (κ2) is 7.91. The lowest BCUT2D eigenvalue weighted by Crippen LogP contribution is -2.21. The lowest BCUT2D eigenvalue weighted by atomic mass is 9.87. The van der Waals surface area contributed by atoms with Crippen molar-refractivity contribution in [1.29, 1.82) is 0 Å². The summed E-state index contributed by atoms with van der Waals surface area (Å²) in [6.45, 7) is 10.3. The number of nitrogens with one attached hydrogen (secondary N) is 1. The smallest absolute Gasteiger partial charge is 0.276 e. The van der Waals surface area contributed by atoms with Crippen molar-refractivity contribution in [2.75, 3.05) is 6.61 Å². The summed E-state index contributed by atoms with van der Waals surface area (Å²) in [7, 11) is -3.76. The first-order valence-electron chi connectivity index (χ1n) is 8.53. The molecule has 0 bridgehead atoms. The summed E-state index contributed by atoms with van der Waals surface area (Å²) in [5, 5.41) is 3.92. The van der Waals surface area contributed by atoms with Crippen LogP contribution in [0.2, 0.25) is 0 Å². The topological polar surface area (TPSA) is 67.8 Å². The standard InChI is InChI=1S/C20H26N2O3S/c1-6-25-18-10-8-7-9-16(18)14-21-22-26(23,24)19-13-17(20(3,4)5)12-11-15(19)2/h7-14,22H,6H2,1-5H3/b21-14+. The highest BCUT2D eigenvalue weighted by Gasteiger charge is 2.21. The molecule has 0 spiro atoms. The van der Waals surface area contributed by atoms with Gasteiger partial charge in [0.15, 0.2) is 0 Å². The minimum absolute atomic E-state index is 0.141. The van der Waals surface area contributed by atoms with Crippen molar-refractivity contribution in [1.82, 2.24) is 4.83 Å².